The summed E-state index contributed by atoms with van der Waals surface area (Å²) in [6.07, 6.45) is 9.61. The van der Waals surface area contributed by atoms with E-state index in [0.29, 0.717) is 6.04 Å². The van der Waals surface area contributed by atoms with Gasteiger partial charge in [0.15, 0.2) is 0 Å². The Labute approximate surface area is 129 Å². The molecule has 1 heterocycles. The maximum absolute atomic E-state index is 3.73. The van der Waals surface area contributed by atoms with E-state index < -0.39 is 0 Å². The second-order valence-corrected chi connectivity index (χ2v) is 6.81. The third kappa shape index (κ3) is 4.00. The van der Waals surface area contributed by atoms with Crippen LogP contribution in [0.15, 0.2) is 24.3 Å². The van der Waals surface area contributed by atoms with Crippen LogP contribution in [0.2, 0.25) is 0 Å². The minimum absolute atomic E-state index is 0.660. The molecule has 2 nitrogen and oxygen atoms in total. The molecule has 1 aliphatic heterocycles. The van der Waals surface area contributed by atoms with Gasteiger partial charge in [0, 0.05) is 24.8 Å². The Morgan fingerprint density at radius 1 is 0.952 bits per heavy atom. The lowest BCUT2D eigenvalue weighted by atomic mass is 9.84. The minimum atomic E-state index is 0.660. The van der Waals surface area contributed by atoms with Crippen molar-refractivity contribution in [1.29, 1.82) is 0 Å². The van der Waals surface area contributed by atoms with E-state index in [-0.39, 0.29) is 0 Å². The van der Waals surface area contributed by atoms with Gasteiger partial charge in [0.2, 0.25) is 0 Å². The van der Waals surface area contributed by atoms with Crippen LogP contribution >= 0.6 is 0 Å². The van der Waals surface area contributed by atoms with Gasteiger partial charge in [-0.2, -0.15) is 0 Å². The molecule has 1 aromatic rings. The molecule has 116 valence electrons. The van der Waals surface area contributed by atoms with Crippen LogP contribution in [0.3, 0.4) is 0 Å². The molecule has 0 radical (unpaired) electrons. The molecule has 0 aromatic heterocycles. The first-order valence-electron chi connectivity index (χ1n) is 8.94. The van der Waals surface area contributed by atoms with Gasteiger partial charge >= 0.3 is 0 Å². The Bertz CT molecular complexity index is 412. The van der Waals surface area contributed by atoms with Gasteiger partial charge < -0.3 is 10.2 Å². The van der Waals surface area contributed by atoms with E-state index >= 15 is 0 Å². The molecular formula is C19H30N2. The summed E-state index contributed by atoms with van der Waals surface area (Å²) in [4.78, 5) is 2.55. The van der Waals surface area contributed by atoms with Crippen LogP contribution in [0.1, 0.15) is 63.4 Å². The van der Waals surface area contributed by atoms with E-state index in [9.17, 15) is 0 Å². The summed E-state index contributed by atoms with van der Waals surface area (Å²) in [7, 11) is 0. The van der Waals surface area contributed by atoms with Crippen LogP contribution in [0.4, 0.5) is 5.69 Å². The van der Waals surface area contributed by atoms with Crippen LogP contribution < -0.4 is 5.32 Å². The second kappa shape index (κ2) is 7.31. The summed E-state index contributed by atoms with van der Waals surface area (Å²) >= 11 is 0. The number of nitrogens with one attached hydrogen (secondary N) is 1. The van der Waals surface area contributed by atoms with Crippen molar-refractivity contribution in [2.75, 3.05) is 25.0 Å². The summed E-state index contributed by atoms with van der Waals surface area (Å²) in [6, 6.07) is 9.99. The average molecular weight is 286 g/mol. The Hall–Kier alpha value is -1.02. The zero-order valence-electron chi connectivity index (χ0n) is 13.5. The molecule has 2 heteroatoms. The Morgan fingerprint density at radius 3 is 2.24 bits per heavy atom. The van der Waals surface area contributed by atoms with Crippen molar-refractivity contribution in [1.82, 2.24) is 4.90 Å². The summed E-state index contributed by atoms with van der Waals surface area (Å²) in [6.45, 7) is 5.95. The summed E-state index contributed by atoms with van der Waals surface area (Å²) in [5.41, 5.74) is 2.87. The van der Waals surface area contributed by atoms with Gasteiger partial charge in [-0.1, -0.05) is 38.3 Å². The van der Waals surface area contributed by atoms with Crippen molar-refractivity contribution in [3.05, 3.63) is 29.8 Å². The van der Waals surface area contributed by atoms with Gasteiger partial charge in [-0.25, -0.2) is 0 Å². The topological polar surface area (TPSA) is 15.3 Å². The molecule has 1 aliphatic carbocycles. The first-order valence-corrected chi connectivity index (χ1v) is 8.94. The molecule has 1 saturated carbocycles. The minimum Gasteiger partial charge on any atom is -0.382 e. The maximum atomic E-state index is 3.73. The van der Waals surface area contributed by atoms with Crippen LogP contribution in [0, 0.1) is 0 Å². The standard InChI is InChI=1S/C19H30N2/c1-2-21-14-12-19(13-15-21)20-18-10-8-17(9-11-18)16-6-4-3-5-7-16/h8-11,16,19-20H,2-7,12-15H2,1H3. The van der Waals surface area contributed by atoms with Crippen molar-refractivity contribution in [2.45, 2.75) is 63.8 Å². The zero-order valence-corrected chi connectivity index (χ0v) is 13.5. The molecule has 2 aliphatic rings. The average Bonchev–Trinajstić information content (AvgIpc) is 2.57. The third-order valence-electron chi connectivity index (χ3n) is 5.39. The smallest absolute Gasteiger partial charge is 0.0342 e. The number of likely N-dealkylation sites (tertiary alicyclic amines) is 1. The van der Waals surface area contributed by atoms with Crippen molar-refractivity contribution in [2.24, 2.45) is 0 Å². The number of piperidine rings is 1. The normalized spacial score (nSPS) is 22.3. The Kier molecular flexibility index (Phi) is 5.18. The quantitative estimate of drug-likeness (QED) is 0.868. The molecule has 0 atom stereocenters. The molecule has 0 bridgehead atoms. The molecule has 0 spiro atoms. The Balaban J connectivity index is 1.52. The predicted molar refractivity (Wildman–Crippen MR) is 91.0 cm³/mol. The van der Waals surface area contributed by atoms with Gasteiger partial charge in [-0.05, 0) is 55.8 Å². The third-order valence-corrected chi connectivity index (χ3v) is 5.39. The number of anilines is 1. The molecule has 0 unspecified atom stereocenters. The van der Waals surface area contributed by atoms with Gasteiger partial charge in [0.1, 0.15) is 0 Å². The highest BCUT2D eigenvalue weighted by Crippen LogP contribution is 2.33. The highest BCUT2D eigenvalue weighted by Gasteiger charge is 2.18. The van der Waals surface area contributed by atoms with E-state index in [1.807, 2.05) is 0 Å². The van der Waals surface area contributed by atoms with E-state index in [1.165, 1.54) is 70.3 Å². The number of nitrogens with zero attached hydrogens (tertiary/aromatic N) is 1. The summed E-state index contributed by atoms with van der Waals surface area (Å²) in [5.74, 6) is 0.820. The fraction of sp³-hybridized carbons (Fsp3) is 0.684. The molecule has 3 rings (SSSR count). The van der Waals surface area contributed by atoms with Crippen LogP contribution in [0.25, 0.3) is 0 Å². The Morgan fingerprint density at radius 2 is 1.62 bits per heavy atom. The van der Waals surface area contributed by atoms with Gasteiger partial charge in [0.25, 0.3) is 0 Å². The van der Waals surface area contributed by atoms with Crippen LogP contribution in [0.5, 0.6) is 0 Å². The van der Waals surface area contributed by atoms with Crippen molar-refractivity contribution < 1.29 is 0 Å². The fourth-order valence-electron chi connectivity index (χ4n) is 3.92. The monoisotopic (exact) mass is 286 g/mol. The highest BCUT2D eigenvalue weighted by atomic mass is 15.1. The highest BCUT2D eigenvalue weighted by molar-refractivity contribution is 5.46. The lowest BCUT2D eigenvalue weighted by Gasteiger charge is -2.32. The lowest BCUT2D eigenvalue weighted by Crippen LogP contribution is -2.38. The lowest BCUT2D eigenvalue weighted by molar-refractivity contribution is 0.229. The number of benzene rings is 1. The second-order valence-electron chi connectivity index (χ2n) is 6.81. The first-order chi connectivity index (χ1) is 10.3. The maximum Gasteiger partial charge on any atom is 0.0342 e. The number of hydrogen-bond donors (Lipinski definition) is 1. The van der Waals surface area contributed by atoms with Crippen LogP contribution in [-0.2, 0) is 0 Å². The van der Waals surface area contributed by atoms with Gasteiger partial charge in [0.05, 0.1) is 0 Å². The zero-order chi connectivity index (χ0) is 14.5. The molecular weight excluding hydrogens is 256 g/mol. The SMILES string of the molecule is CCN1CCC(Nc2ccc(C3CCCCC3)cc2)CC1. The molecule has 0 amide bonds. The van der Waals surface area contributed by atoms with Gasteiger partial charge in [-0.15, -0.1) is 0 Å². The van der Waals surface area contributed by atoms with Crippen molar-refractivity contribution in [3.8, 4) is 0 Å². The summed E-state index contributed by atoms with van der Waals surface area (Å²) in [5, 5.41) is 3.73. The van der Waals surface area contributed by atoms with E-state index in [0.717, 1.165) is 5.92 Å². The molecule has 21 heavy (non-hydrogen) atoms. The van der Waals surface area contributed by atoms with E-state index in [4.69, 9.17) is 0 Å². The summed E-state index contributed by atoms with van der Waals surface area (Å²) < 4.78 is 0. The predicted octanol–water partition coefficient (Wildman–Crippen LogP) is 4.63. The van der Waals surface area contributed by atoms with Gasteiger partial charge in [-0.3, -0.25) is 0 Å². The fourth-order valence-corrected chi connectivity index (χ4v) is 3.92. The molecule has 1 saturated heterocycles. The number of hydrogen-bond acceptors (Lipinski definition) is 2. The van der Waals surface area contributed by atoms with E-state index in [2.05, 4.69) is 41.4 Å². The first kappa shape index (κ1) is 14.9. The van der Waals surface area contributed by atoms with Crippen molar-refractivity contribution in [3.63, 3.8) is 0 Å². The largest absolute Gasteiger partial charge is 0.382 e. The molecule has 2 fully saturated rings. The van der Waals surface area contributed by atoms with Crippen LogP contribution in [-0.4, -0.2) is 30.6 Å². The van der Waals surface area contributed by atoms with E-state index in [1.54, 1.807) is 5.56 Å². The molecule has 1 N–H and O–H groups in total. The van der Waals surface area contributed by atoms with Crippen molar-refractivity contribution >= 4 is 5.69 Å². The number of rotatable bonds is 4. The molecule has 1 aromatic carbocycles.